The first-order valence-corrected chi connectivity index (χ1v) is 10.9. The Morgan fingerprint density at radius 2 is 1.94 bits per heavy atom. The van der Waals surface area contributed by atoms with Crippen molar-refractivity contribution in [3.8, 4) is 10.8 Å². The van der Waals surface area contributed by atoms with Crippen molar-refractivity contribution >= 4 is 27.5 Å². The zero-order valence-electron chi connectivity index (χ0n) is 18.3. The molecular weight excluding hydrogens is 469 g/mol. The lowest BCUT2D eigenvalue weighted by molar-refractivity contribution is -0.140. The first-order valence-electron chi connectivity index (χ1n) is 10.0. The molecule has 1 aromatic carbocycles. The highest BCUT2D eigenvalue weighted by Crippen LogP contribution is 2.32. The number of halogens is 1. The minimum absolute atomic E-state index is 0.0915. The molecule has 2 N–H and O–H groups in total. The summed E-state index contributed by atoms with van der Waals surface area (Å²) in [5, 5.41) is 29.1. The van der Waals surface area contributed by atoms with Crippen LogP contribution in [-0.2, 0) is 11.3 Å². The van der Waals surface area contributed by atoms with E-state index in [0.29, 0.717) is 15.1 Å². The van der Waals surface area contributed by atoms with E-state index in [-0.39, 0.29) is 21.5 Å². The van der Waals surface area contributed by atoms with Crippen molar-refractivity contribution in [1.29, 1.82) is 0 Å². The first kappa shape index (κ1) is 23.3. The van der Waals surface area contributed by atoms with Crippen LogP contribution in [0.4, 0.5) is 4.39 Å². The van der Waals surface area contributed by atoms with Crippen LogP contribution in [0.15, 0.2) is 40.2 Å². The zero-order valence-corrected chi connectivity index (χ0v) is 19.1. The number of aromatic nitrogens is 5. The third-order valence-electron chi connectivity index (χ3n) is 5.47. The van der Waals surface area contributed by atoms with E-state index in [4.69, 9.17) is 4.74 Å². The molecule has 178 valence electrons. The second-order valence-electron chi connectivity index (χ2n) is 7.52. The largest absolute Gasteiger partial charge is 0.496 e. The molecule has 0 amide bonds. The molecule has 0 aliphatic heterocycles. The second kappa shape index (κ2) is 8.83. The van der Waals surface area contributed by atoms with Crippen molar-refractivity contribution in [3.63, 3.8) is 0 Å². The number of carbonyl (C=O) groups is 1. The van der Waals surface area contributed by atoms with Gasteiger partial charge in [-0.05, 0) is 32.0 Å². The maximum absolute atomic E-state index is 13.9. The van der Waals surface area contributed by atoms with Gasteiger partial charge in [-0.2, -0.15) is 10.2 Å². The minimum Gasteiger partial charge on any atom is -0.496 e. The number of methoxy groups -OCH3 is 1. The number of carboxylic acid groups (broad SMARTS) is 1. The molecule has 2 atom stereocenters. The van der Waals surface area contributed by atoms with E-state index < -0.39 is 41.7 Å². The van der Waals surface area contributed by atoms with Gasteiger partial charge in [0.2, 0.25) is 0 Å². The first-order chi connectivity index (χ1) is 16.1. The SMILES string of the molecule is COc1ccc(F)cc1[C@@H](O)Cn1c(=O)n(C(C)C(=O)O)c(=O)c2c(C)c(-n3nccn3)sc21. The Kier molecular flexibility index (Phi) is 6.06. The molecule has 0 bridgehead atoms. The number of benzene rings is 1. The van der Waals surface area contributed by atoms with Crippen LogP contribution in [0.1, 0.15) is 30.2 Å². The molecule has 4 aromatic rings. The number of aryl methyl sites for hydroxylation is 1. The van der Waals surface area contributed by atoms with Gasteiger partial charge < -0.3 is 14.9 Å². The topological polar surface area (TPSA) is 141 Å². The van der Waals surface area contributed by atoms with Crippen LogP contribution in [0.2, 0.25) is 0 Å². The van der Waals surface area contributed by atoms with Crippen LogP contribution in [0.3, 0.4) is 0 Å². The number of ether oxygens (including phenoxy) is 1. The normalized spacial score (nSPS) is 13.2. The Balaban J connectivity index is 1.99. The zero-order chi connectivity index (χ0) is 24.7. The molecule has 34 heavy (non-hydrogen) atoms. The van der Waals surface area contributed by atoms with Gasteiger partial charge in [0, 0.05) is 11.1 Å². The summed E-state index contributed by atoms with van der Waals surface area (Å²) in [6, 6.07) is 2.12. The number of nitrogens with zero attached hydrogens (tertiary/aromatic N) is 5. The molecule has 3 heterocycles. The summed E-state index contributed by atoms with van der Waals surface area (Å²) in [6.07, 6.45) is 1.48. The summed E-state index contributed by atoms with van der Waals surface area (Å²) < 4.78 is 20.8. The molecule has 3 aromatic heterocycles. The molecule has 0 aliphatic rings. The van der Waals surface area contributed by atoms with Gasteiger partial charge in [-0.3, -0.25) is 9.36 Å². The van der Waals surface area contributed by atoms with Gasteiger partial charge in [-0.1, -0.05) is 11.3 Å². The number of aliphatic hydroxyl groups is 1. The average Bonchev–Trinajstić information content (AvgIpc) is 3.44. The number of carboxylic acids is 1. The molecule has 0 aliphatic carbocycles. The van der Waals surface area contributed by atoms with E-state index in [1.807, 2.05) is 0 Å². The predicted octanol–water partition coefficient (Wildman–Crippen LogP) is 1.64. The maximum atomic E-state index is 13.9. The molecule has 0 fully saturated rings. The summed E-state index contributed by atoms with van der Waals surface area (Å²) in [4.78, 5) is 39.8. The summed E-state index contributed by atoms with van der Waals surface area (Å²) in [5.41, 5.74) is -1.17. The monoisotopic (exact) mass is 489 g/mol. The third-order valence-corrected chi connectivity index (χ3v) is 6.75. The Bertz CT molecular complexity index is 1510. The Morgan fingerprint density at radius 1 is 1.26 bits per heavy atom. The lowest BCUT2D eigenvalue weighted by atomic mass is 10.1. The highest BCUT2D eigenvalue weighted by molar-refractivity contribution is 7.21. The Hall–Kier alpha value is -3.84. The fourth-order valence-electron chi connectivity index (χ4n) is 3.71. The van der Waals surface area contributed by atoms with Gasteiger partial charge in [0.15, 0.2) is 0 Å². The van der Waals surface area contributed by atoms with E-state index in [1.54, 1.807) is 6.92 Å². The van der Waals surface area contributed by atoms with Gasteiger partial charge in [-0.15, -0.1) is 4.80 Å². The smallest absolute Gasteiger partial charge is 0.333 e. The van der Waals surface area contributed by atoms with Crippen LogP contribution in [0.25, 0.3) is 15.2 Å². The molecule has 1 unspecified atom stereocenters. The molecule has 0 radical (unpaired) electrons. The highest BCUT2D eigenvalue weighted by Gasteiger charge is 2.27. The van der Waals surface area contributed by atoms with Crippen molar-refractivity contribution < 1.29 is 24.1 Å². The van der Waals surface area contributed by atoms with E-state index in [9.17, 15) is 29.0 Å². The second-order valence-corrected chi connectivity index (χ2v) is 8.49. The summed E-state index contributed by atoms with van der Waals surface area (Å²) >= 11 is 1.04. The lowest BCUT2D eigenvalue weighted by Crippen LogP contribution is -2.44. The molecule has 11 nitrogen and oxygen atoms in total. The molecule has 0 saturated heterocycles. The number of fused-ring (bicyclic) bond motifs is 1. The molecule has 13 heteroatoms. The van der Waals surface area contributed by atoms with E-state index in [0.717, 1.165) is 22.0 Å². The van der Waals surface area contributed by atoms with Crippen LogP contribution >= 0.6 is 11.3 Å². The quantitative estimate of drug-likeness (QED) is 0.399. The maximum Gasteiger partial charge on any atom is 0.333 e. The fraction of sp³-hybridized carbons (Fsp3) is 0.286. The van der Waals surface area contributed by atoms with Crippen molar-refractivity contribution in [2.24, 2.45) is 0 Å². The molecular formula is C21H20FN5O6S. The van der Waals surface area contributed by atoms with Gasteiger partial charge in [0.05, 0.1) is 31.4 Å². The van der Waals surface area contributed by atoms with Crippen LogP contribution in [0.5, 0.6) is 5.75 Å². The van der Waals surface area contributed by atoms with Gasteiger partial charge >= 0.3 is 11.7 Å². The van der Waals surface area contributed by atoms with Gasteiger partial charge in [-0.25, -0.2) is 18.5 Å². The number of rotatable bonds is 7. The fourth-order valence-corrected chi connectivity index (χ4v) is 4.93. The number of hydrogen-bond acceptors (Lipinski definition) is 8. The Morgan fingerprint density at radius 3 is 2.56 bits per heavy atom. The molecule has 4 rings (SSSR count). The Labute approximate surface area is 194 Å². The van der Waals surface area contributed by atoms with Crippen LogP contribution in [-0.4, -0.2) is 47.4 Å². The average molecular weight is 489 g/mol. The number of aliphatic hydroxyl groups excluding tert-OH is 1. The van der Waals surface area contributed by atoms with Gasteiger partial charge in [0.25, 0.3) is 5.56 Å². The number of hydrogen-bond donors (Lipinski definition) is 2. The van der Waals surface area contributed by atoms with Crippen molar-refractivity contribution in [1.82, 2.24) is 24.1 Å². The lowest BCUT2D eigenvalue weighted by Gasteiger charge is -2.19. The van der Waals surface area contributed by atoms with E-state index in [1.165, 1.54) is 43.4 Å². The predicted molar refractivity (Wildman–Crippen MR) is 120 cm³/mol. The van der Waals surface area contributed by atoms with Crippen molar-refractivity contribution in [3.05, 3.63) is 68.4 Å². The van der Waals surface area contributed by atoms with E-state index in [2.05, 4.69) is 10.2 Å². The standard InChI is InChI=1S/C21H20FN5O6S/c1-10-16-17(29)26(11(2)20(30)31)21(32)25(19(16)34-18(10)27-23-6-7-24-27)9-14(28)13-8-12(22)4-5-15(13)33-3/h4-8,11,14,28H,9H2,1-3H3,(H,30,31)/t11?,14-/m0/s1. The van der Waals surface area contributed by atoms with E-state index >= 15 is 0 Å². The summed E-state index contributed by atoms with van der Waals surface area (Å²) in [7, 11) is 1.36. The van der Waals surface area contributed by atoms with Gasteiger partial charge in [0.1, 0.15) is 33.5 Å². The van der Waals surface area contributed by atoms with Crippen molar-refractivity contribution in [2.45, 2.75) is 32.5 Å². The number of thiophene rings is 1. The van der Waals surface area contributed by atoms with Crippen molar-refractivity contribution in [2.75, 3.05) is 7.11 Å². The molecule has 0 saturated carbocycles. The van der Waals surface area contributed by atoms with Crippen LogP contribution < -0.4 is 16.0 Å². The van der Waals surface area contributed by atoms with Crippen LogP contribution in [0, 0.1) is 12.7 Å². The minimum atomic E-state index is -1.47. The number of aliphatic carboxylic acids is 1. The highest BCUT2D eigenvalue weighted by atomic mass is 32.1. The summed E-state index contributed by atoms with van der Waals surface area (Å²) in [5.74, 6) is -1.79. The molecule has 0 spiro atoms. The summed E-state index contributed by atoms with van der Waals surface area (Å²) in [6.45, 7) is 2.45. The third kappa shape index (κ3) is 3.78.